The van der Waals surface area contributed by atoms with Gasteiger partial charge in [0.15, 0.2) is 0 Å². The highest BCUT2D eigenvalue weighted by atomic mass is 31.2. The first-order valence-corrected chi connectivity index (χ1v) is 13.1. The van der Waals surface area contributed by atoms with E-state index in [9.17, 15) is 27.8 Å². The van der Waals surface area contributed by atoms with E-state index >= 15 is 0 Å². The van der Waals surface area contributed by atoms with E-state index in [0.717, 1.165) is 12.6 Å². The van der Waals surface area contributed by atoms with E-state index in [1.165, 1.54) is 31.7 Å². The van der Waals surface area contributed by atoms with E-state index in [-0.39, 0.29) is 40.7 Å². The summed E-state index contributed by atoms with van der Waals surface area (Å²) >= 11 is 0. The topological polar surface area (TPSA) is 124 Å². The highest BCUT2D eigenvalue weighted by Gasteiger charge is 2.36. The maximum Gasteiger partial charge on any atom is 0.419 e. The summed E-state index contributed by atoms with van der Waals surface area (Å²) in [5.74, 6) is -0.0194. The molecule has 8 nitrogen and oxygen atoms in total. The smallest absolute Gasteiger partial charge is 0.360 e. The monoisotopic (exact) mass is 492 g/mol. The molecule has 1 aromatic carbocycles. The molecule has 1 unspecified atom stereocenters. The number of carbonyl (C=O) groups is 1. The van der Waals surface area contributed by atoms with Gasteiger partial charge in [0, 0.05) is 35.9 Å². The van der Waals surface area contributed by atoms with Gasteiger partial charge in [-0.1, -0.05) is 19.4 Å². The summed E-state index contributed by atoms with van der Waals surface area (Å²) in [4.78, 5) is 21.6. The molecule has 3 N–H and O–H groups in total. The molecular weight excluding hydrogens is 468 g/mol. The highest BCUT2D eigenvalue weighted by Crippen LogP contribution is 2.42. The molecule has 0 bridgehead atoms. The first kappa shape index (κ1) is 25.2. The first-order valence-electron chi connectivity index (χ1n) is 10.5. The molecule has 2 aromatic heterocycles. The normalized spacial score (nSPS) is 12.9. The Bertz CT molecular complexity index is 1290. The van der Waals surface area contributed by atoms with Crippen LogP contribution in [-0.2, 0) is 15.5 Å². The van der Waals surface area contributed by atoms with Gasteiger partial charge in [0.1, 0.15) is 12.7 Å². The largest absolute Gasteiger partial charge is 0.419 e. The molecule has 1 atom stereocenters. The second-order valence-electron chi connectivity index (χ2n) is 8.16. The predicted molar refractivity (Wildman–Crippen MR) is 125 cm³/mol. The minimum atomic E-state index is -4.72. The van der Waals surface area contributed by atoms with Crippen molar-refractivity contribution in [1.82, 2.24) is 20.3 Å². The molecule has 2 heterocycles. The molecule has 0 aliphatic heterocycles. The number of anilines is 1. The molecule has 0 radical (unpaired) electrons. The molecule has 0 aliphatic carbocycles. The van der Waals surface area contributed by atoms with Crippen molar-refractivity contribution in [3.8, 4) is 17.3 Å². The van der Waals surface area contributed by atoms with Crippen molar-refractivity contribution in [2.45, 2.75) is 32.0 Å². The molecule has 0 aliphatic rings. The summed E-state index contributed by atoms with van der Waals surface area (Å²) in [7, 11) is -2.94. The van der Waals surface area contributed by atoms with Crippen LogP contribution in [-0.4, -0.2) is 47.3 Å². The predicted octanol–water partition coefficient (Wildman–Crippen LogP) is 4.09. The summed E-state index contributed by atoms with van der Waals surface area (Å²) in [5, 5.41) is 15.6. The molecule has 0 saturated heterocycles. The van der Waals surface area contributed by atoms with Gasteiger partial charge in [-0.3, -0.25) is 4.79 Å². The average molecular weight is 492 g/mol. The van der Waals surface area contributed by atoms with E-state index < -0.39 is 18.9 Å². The second kappa shape index (κ2) is 9.85. The molecule has 0 saturated carbocycles. The van der Waals surface area contributed by atoms with Crippen molar-refractivity contribution in [3.63, 3.8) is 0 Å². The number of amides is 1. The van der Waals surface area contributed by atoms with E-state index in [2.05, 4.69) is 25.6 Å². The molecule has 180 valence electrons. The number of hydrogen-bond donors (Lipinski definition) is 3. The first-order chi connectivity index (χ1) is 16.0. The van der Waals surface area contributed by atoms with Gasteiger partial charge in [-0.2, -0.15) is 18.4 Å². The van der Waals surface area contributed by atoms with Crippen LogP contribution in [0.2, 0.25) is 0 Å². The van der Waals surface area contributed by atoms with E-state index in [1.54, 1.807) is 0 Å². The van der Waals surface area contributed by atoms with Crippen LogP contribution < -0.4 is 15.9 Å². The Morgan fingerprint density at radius 3 is 2.65 bits per heavy atom. The van der Waals surface area contributed by atoms with Gasteiger partial charge in [-0.15, -0.1) is 0 Å². The summed E-state index contributed by atoms with van der Waals surface area (Å²) in [5.41, 5.74) is -0.709. The number of H-pyrrole nitrogens is 1. The minimum absolute atomic E-state index is 0.0194. The lowest BCUT2D eigenvalue weighted by molar-refractivity contribution is -0.137. The lowest BCUT2D eigenvalue weighted by Gasteiger charge is -2.19. The van der Waals surface area contributed by atoms with Crippen molar-refractivity contribution < 1.29 is 22.5 Å². The fraction of sp³-hybridized carbons (Fsp3) is 0.364. The number of hydrogen-bond acceptors (Lipinski definition) is 6. The number of rotatable bonds is 9. The fourth-order valence-electron chi connectivity index (χ4n) is 3.84. The van der Waals surface area contributed by atoms with Crippen LogP contribution in [0.15, 0.2) is 24.5 Å². The quantitative estimate of drug-likeness (QED) is 0.305. The number of halogens is 3. The van der Waals surface area contributed by atoms with Crippen molar-refractivity contribution in [2.75, 3.05) is 25.2 Å². The number of nitrogens with zero attached hydrogens (tertiary/aromatic N) is 3. The summed E-state index contributed by atoms with van der Waals surface area (Å²) in [6.45, 7) is 5.19. The third kappa shape index (κ3) is 5.23. The zero-order valence-electron chi connectivity index (χ0n) is 18.8. The zero-order chi connectivity index (χ0) is 25.1. The molecule has 12 heteroatoms. The van der Waals surface area contributed by atoms with Gasteiger partial charge in [-0.25, -0.2) is 9.97 Å². The van der Waals surface area contributed by atoms with Crippen molar-refractivity contribution in [3.05, 3.63) is 35.7 Å². The van der Waals surface area contributed by atoms with Gasteiger partial charge in [0.2, 0.25) is 12.4 Å². The van der Waals surface area contributed by atoms with E-state index in [0.29, 0.717) is 23.7 Å². The number of aromatic nitrogens is 3. The minimum Gasteiger partial charge on any atom is -0.360 e. The Kier molecular flexibility index (Phi) is 7.32. The molecule has 1 amide bonds. The lowest BCUT2D eigenvalue weighted by atomic mass is 10.0. The molecule has 3 rings (SSSR count). The Labute approximate surface area is 194 Å². The lowest BCUT2D eigenvalue weighted by Crippen LogP contribution is -2.33. The molecular formula is C22H24F3N6O2P. The van der Waals surface area contributed by atoms with Gasteiger partial charge in [-0.05, 0) is 25.8 Å². The van der Waals surface area contributed by atoms with Crippen LogP contribution in [0.1, 0.15) is 30.9 Å². The van der Waals surface area contributed by atoms with Gasteiger partial charge in [0.25, 0.3) is 0 Å². The number of benzene rings is 1. The molecule has 0 fully saturated rings. The Morgan fingerprint density at radius 2 is 2.06 bits per heavy atom. The third-order valence-corrected chi connectivity index (χ3v) is 6.80. The zero-order valence-corrected chi connectivity index (χ0v) is 19.7. The van der Waals surface area contributed by atoms with Crippen molar-refractivity contribution >= 4 is 35.7 Å². The number of carbonyl (C=O) groups excluding carboxylic acids is 1. The van der Waals surface area contributed by atoms with Crippen LogP contribution in [0.5, 0.6) is 0 Å². The van der Waals surface area contributed by atoms with Crippen LogP contribution in [0.3, 0.4) is 0 Å². The molecule has 34 heavy (non-hydrogen) atoms. The van der Waals surface area contributed by atoms with E-state index in [1.807, 2.05) is 13.0 Å². The summed E-state index contributed by atoms with van der Waals surface area (Å²) in [6.07, 6.45) is -0.691. The Hall–Kier alpha value is -3.38. The average Bonchev–Trinajstić information content (AvgIpc) is 3.19. The summed E-state index contributed by atoms with van der Waals surface area (Å²) in [6, 6.07) is 4.69. The van der Waals surface area contributed by atoms with Gasteiger partial charge < -0.3 is 20.2 Å². The Morgan fingerprint density at radius 1 is 1.32 bits per heavy atom. The van der Waals surface area contributed by atoms with Crippen LogP contribution in [0, 0.1) is 11.3 Å². The molecule has 0 spiro atoms. The van der Waals surface area contributed by atoms with E-state index in [4.69, 9.17) is 0 Å². The van der Waals surface area contributed by atoms with Crippen LogP contribution in [0.4, 0.5) is 19.1 Å². The summed E-state index contributed by atoms with van der Waals surface area (Å²) < 4.78 is 54.5. The number of alkyl halides is 3. The second-order valence-corrected chi connectivity index (χ2v) is 11.3. The fourth-order valence-corrected chi connectivity index (χ4v) is 5.27. The molecule has 3 aromatic rings. The maximum absolute atomic E-state index is 13.9. The highest BCUT2D eigenvalue weighted by molar-refractivity contribution is 7.70. The Balaban J connectivity index is 2.20. The van der Waals surface area contributed by atoms with Crippen LogP contribution >= 0.6 is 7.14 Å². The number of nitrogens with one attached hydrogen (secondary N) is 3. The van der Waals surface area contributed by atoms with Crippen molar-refractivity contribution in [2.24, 2.45) is 0 Å². The standard InChI is InChI=1S/C22H24F3N6O2P/c1-4-5-14(9-27-12-32)30-21-29-11-17(22(23,24)25)18(31-21)16-10-28-19-15(16)7-6-13(8-26)20(19)34(2,3)33/h6-7,10-12,14,28H,4-5,9H2,1-3H3,(H,27,32)(H,29,30,31). The third-order valence-electron chi connectivity index (χ3n) is 5.26. The van der Waals surface area contributed by atoms with Gasteiger partial charge >= 0.3 is 6.18 Å². The number of nitriles is 1. The SMILES string of the molecule is CCCC(CNC=O)Nc1ncc(C(F)(F)F)c(-c2c[nH]c3c(P(C)(C)=O)c(C#N)ccc23)n1. The van der Waals surface area contributed by atoms with Crippen molar-refractivity contribution in [1.29, 1.82) is 5.26 Å². The number of fused-ring (bicyclic) bond motifs is 1. The number of aromatic amines is 1. The maximum atomic E-state index is 13.9. The van der Waals surface area contributed by atoms with Gasteiger partial charge in [0.05, 0.1) is 28.1 Å². The van der Waals surface area contributed by atoms with Crippen LogP contribution in [0.25, 0.3) is 22.2 Å².